The molecule has 0 amide bonds. The SMILES string of the molecule is COc1cc(/C=C2\N=C(c3ccc(I)cc3)OC2=O)cc(Cl)c1OC(=O)c1ccc(C)cc1. The van der Waals surface area contributed by atoms with Crippen LogP contribution >= 0.6 is 34.2 Å². The Hall–Kier alpha value is -3.17. The summed E-state index contributed by atoms with van der Waals surface area (Å²) in [5.74, 6) is -0.586. The second kappa shape index (κ2) is 9.76. The van der Waals surface area contributed by atoms with Gasteiger partial charge in [0.1, 0.15) is 0 Å². The first-order chi connectivity index (χ1) is 15.8. The van der Waals surface area contributed by atoms with Crippen LogP contribution in [0.15, 0.2) is 71.4 Å². The van der Waals surface area contributed by atoms with E-state index in [2.05, 4.69) is 27.6 Å². The van der Waals surface area contributed by atoms with Gasteiger partial charge in [-0.15, -0.1) is 0 Å². The number of carbonyl (C=O) groups excluding carboxylic acids is 2. The van der Waals surface area contributed by atoms with Crippen LogP contribution in [0.3, 0.4) is 0 Å². The third-order valence-electron chi connectivity index (χ3n) is 4.75. The fourth-order valence-electron chi connectivity index (χ4n) is 3.05. The Labute approximate surface area is 209 Å². The van der Waals surface area contributed by atoms with Crippen LogP contribution in [0.4, 0.5) is 0 Å². The minimum Gasteiger partial charge on any atom is -0.493 e. The maximum Gasteiger partial charge on any atom is 0.363 e. The minimum absolute atomic E-state index is 0.0870. The van der Waals surface area contributed by atoms with Crippen LogP contribution in [-0.4, -0.2) is 24.9 Å². The first-order valence-electron chi connectivity index (χ1n) is 9.79. The first kappa shape index (κ1) is 23.0. The van der Waals surface area contributed by atoms with Crippen LogP contribution in [0.25, 0.3) is 6.08 Å². The van der Waals surface area contributed by atoms with Crippen molar-refractivity contribution in [2.24, 2.45) is 4.99 Å². The van der Waals surface area contributed by atoms with E-state index in [1.54, 1.807) is 24.3 Å². The number of esters is 2. The van der Waals surface area contributed by atoms with Crippen LogP contribution in [0, 0.1) is 10.5 Å². The maximum absolute atomic E-state index is 12.5. The lowest BCUT2D eigenvalue weighted by atomic mass is 10.1. The standard InChI is InChI=1S/C25H17ClINO5/c1-14-3-5-17(6-4-14)24(29)32-22-19(26)11-15(13-21(22)31-2)12-20-25(30)33-23(28-20)16-7-9-18(27)10-8-16/h3-13H,1-2H3/b20-12-. The van der Waals surface area contributed by atoms with E-state index in [9.17, 15) is 9.59 Å². The number of hydrogen-bond donors (Lipinski definition) is 0. The number of cyclic esters (lactones) is 1. The fraction of sp³-hybridized carbons (Fsp3) is 0.0800. The zero-order chi connectivity index (χ0) is 23.5. The van der Waals surface area contributed by atoms with Gasteiger partial charge in [-0.25, -0.2) is 14.6 Å². The molecular formula is C25H17ClINO5. The molecule has 0 radical (unpaired) electrons. The lowest BCUT2D eigenvalue weighted by Crippen LogP contribution is -2.09. The van der Waals surface area contributed by atoms with E-state index in [1.807, 2.05) is 43.3 Å². The van der Waals surface area contributed by atoms with Gasteiger partial charge in [-0.1, -0.05) is 29.3 Å². The lowest BCUT2D eigenvalue weighted by Gasteiger charge is -2.12. The number of aliphatic imine (C=N–C) groups is 1. The van der Waals surface area contributed by atoms with Crippen LogP contribution < -0.4 is 9.47 Å². The number of rotatable bonds is 5. The van der Waals surface area contributed by atoms with Gasteiger partial charge in [-0.2, -0.15) is 0 Å². The zero-order valence-electron chi connectivity index (χ0n) is 17.6. The lowest BCUT2D eigenvalue weighted by molar-refractivity contribution is -0.129. The molecule has 166 valence electrons. The summed E-state index contributed by atoms with van der Waals surface area (Å²) in [5.41, 5.74) is 2.76. The van der Waals surface area contributed by atoms with Crippen LogP contribution in [0.2, 0.25) is 5.02 Å². The van der Waals surface area contributed by atoms with Gasteiger partial charge in [0.05, 0.1) is 17.7 Å². The number of methoxy groups -OCH3 is 1. The van der Waals surface area contributed by atoms with E-state index in [4.69, 9.17) is 25.8 Å². The summed E-state index contributed by atoms with van der Waals surface area (Å²) >= 11 is 8.58. The number of nitrogens with zero attached hydrogens (tertiary/aromatic N) is 1. The summed E-state index contributed by atoms with van der Waals surface area (Å²) in [6.45, 7) is 1.93. The third-order valence-corrected chi connectivity index (χ3v) is 5.75. The average Bonchev–Trinajstić information content (AvgIpc) is 3.16. The van der Waals surface area contributed by atoms with Gasteiger partial charge >= 0.3 is 11.9 Å². The molecule has 1 heterocycles. The summed E-state index contributed by atoms with van der Waals surface area (Å²) in [6.07, 6.45) is 1.53. The average molecular weight is 574 g/mol. The zero-order valence-corrected chi connectivity index (χ0v) is 20.5. The van der Waals surface area contributed by atoms with Gasteiger partial charge in [0.25, 0.3) is 0 Å². The van der Waals surface area contributed by atoms with Gasteiger partial charge in [-0.3, -0.25) is 0 Å². The van der Waals surface area contributed by atoms with Crippen LogP contribution in [0.5, 0.6) is 11.5 Å². The van der Waals surface area contributed by atoms with E-state index in [-0.39, 0.29) is 28.1 Å². The van der Waals surface area contributed by atoms with Crippen LogP contribution in [0.1, 0.15) is 27.0 Å². The number of halogens is 2. The Bertz CT molecular complexity index is 1300. The Kier molecular flexibility index (Phi) is 6.80. The molecule has 0 aliphatic carbocycles. The van der Waals surface area contributed by atoms with Crippen molar-refractivity contribution in [3.63, 3.8) is 0 Å². The number of hydrogen-bond acceptors (Lipinski definition) is 6. The molecule has 0 fully saturated rings. The molecule has 0 saturated heterocycles. The summed E-state index contributed by atoms with van der Waals surface area (Å²) in [6, 6.07) is 17.6. The molecule has 3 aromatic rings. The van der Waals surface area contributed by atoms with Gasteiger partial charge in [0.2, 0.25) is 5.90 Å². The highest BCUT2D eigenvalue weighted by Crippen LogP contribution is 2.38. The number of benzene rings is 3. The molecule has 6 nitrogen and oxygen atoms in total. The molecule has 33 heavy (non-hydrogen) atoms. The number of ether oxygens (including phenoxy) is 3. The minimum atomic E-state index is -0.575. The maximum atomic E-state index is 12.5. The second-order valence-corrected chi connectivity index (χ2v) is 8.79. The van der Waals surface area contributed by atoms with E-state index in [1.165, 1.54) is 13.2 Å². The summed E-state index contributed by atoms with van der Waals surface area (Å²) < 4.78 is 17.2. The second-order valence-electron chi connectivity index (χ2n) is 7.13. The predicted molar refractivity (Wildman–Crippen MR) is 134 cm³/mol. The molecular weight excluding hydrogens is 557 g/mol. The quantitative estimate of drug-likeness (QED) is 0.166. The molecule has 0 atom stereocenters. The van der Waals surface area contributed by atoms with E-state index in [0.717, 1.165) is 9.13 Å². The van der Waals surface area contributed by atoms with Crippen molar-refractivity contribution in [3.05, 3.63) is 97.2 Å². The van der Waals surface area contributed by atoms with Crippen molar-refractivity contribution < 1.29 is 23.8 Å². The first-order valence-corrected chi connectivity index (χ1v) is 11.2. The summed E-state index contributed by atoms with van der Waals surface area (Å²) in [7, 11) is 1.43. The summed E-state index contributed by atoms with van der Waals surface area (Å²) in [5, 5.41) is 0.148. The van der Waals surface area contributed by atoms with Crippen molar-refractivity contribution in [2.75, 3.05) is 7.11 Å². The van der Waals surface area contributed by atoms with Crippen molar-refractivity contribution in [3.8, 4) is 11.5 Å². The molecule has 0 unspecified atom stereocenters. The molecule has 0 saturated carbocycles. The van der Waals surface area contributed by atoms with Gasteiger partial charge in [0, 0.05) is 9.13 Å². The van der Waals surface area contributed by atoms with E-state index < -0.39 is 11.9 Å². The normalized spacial score (nSPS) is 14.1. The van der Waals surface area contributed by atoms with Crippen molar-refractivity contribution in [1.29, 1.82) is 0 Å². The molecule has 4 rings (SSSR count). The highest BCUT2D eigenvalue weighted by molar-refractivity contribution is 14.1. The van der Waals surface area contributed by atoms with E-state index in [0.29, 0.717) is 16.7 Å². The summed E-state index contributed by atoms with van der Waals surface area (Å²) in [4.78, 5) is 29.1. The Morgan fingerprint density at radius 3 is 2.45 bits per heavy atom. The molecule has 8 heteroatoms. The van der Waals surface area contributed by atoms with Crippen molar-refractivity contribution >= 4 is 58.1 Å². The highest BCUT2D eigenvalue weighted by Gasteiger charge is 2.25. The Morgan fingerprint density at radius 1 is 1.09 bits per heavy atom. The molecule has 0 spiro atoms. The molecule has 0 bridgehead atoms. The molecule has 0 N–H and O–H groups in total. The topological polar surface area (TPSA) is 74.2 Å². The molecule has 1 aliphatic rings. The predicted octanol–water partition coefficient (Wildman–Crippen LogP) is 5.83. The monoisotopic (exact) mass is 573 g/mol. The smallest absolute Gasteiger partial charge is 0.363 e. The number of carbonyl (C=O) groups is 2. The van der Waals surface area contributed by atoms with Crippen molar-refractivity contribution in [1.82, 2.24) is 0 Å². The molecule has 3 aromatic carbocycles. The fourth-order valence-corrected chi connectivity index (χ4v) is 3.66. The van der Waals surface area contributed by atoms with Gasteiger partial charge in [-0.05, 0) is 89.7 Å². The van der Waals surface area contributed by atoms with Gasteiger partial charge in [0.15, 0.2) is 17.2 Å². The van der Waals surface area contributed by atoms with Crippen molar-refractivity contribution in [2.45, 2.75) is 6.92 Å². The van der Waals surface area contributed by atoms with E-state index >= 15 is 0 Å². The Morgan fingerprint density at radius 2 is 1.79 bits per heavy atom. The largest absolute Gasteiger partial charge is 0.493 e. The third kappa shape index (κ3) is 5.26. The van der Waals surface area contributed by atoms with Gasteiger partial charge < -0.3 is 14.2 Å². The highest BCUT2D eigenvalue weighted by atomic mass is 127. The number of aryl methyl sites for hydroxylation is 1. The van der Waals surface area contributed by atoms with Crippen LogP contribution in [-0.2, 0) is 9.53 Å². The molecule has 1 aliphatic heterocycles. The molecule has 0 aromatic heterocycles. The Balaban J connectivity index is 1.61.